The zero-order valence-electron chi connectivity index (χ0n) is 16.7. The molecule has 0 aromatic carbocycles. The summed E-state index contributed by atoms with van der Waals surface area (Å²) in [5, 5.41) is 0. The monoisotopic (exact) mass is 369 g/mol. The first-order valence-electron chi connectivity index (χ1n) is 10.3. The second kappa shape index (κ2) is 7.98. The summed E-state index contributed by atoms with van der Waals surface area (Å²) in [6, 6.07) is 4.18. The first-order valence-corrected chi connectivity index (χ1v) is 10.3. The van der Waals surface area contributed by atoms with Crippen LogP contribution >= 0.6 is 0 Å². The van der Waals surface area contributed by atoms with Crippen LogP contribution in [0.1, 0.15) is 47.4 Å². The number of hydrogen-bond donors (Lipinski definition) is 0. The standard InChI is InChI=1S/C21H31N5O/c1-17-7-10-26-18(16-24-13-11-23(2)12-14-24)20(22-19(26)15-17)21(27)25-8-5-3-4-6-9-25/h7,10,15H,3-6,8-9,11-14,16H2,1-2H3. The highest BCUT2D eigenvalue weighted by Crippen LogP contribution is 2.20. The number of aryl methyl sites for hydroxylation is 1. The predicted octanol–water partition coefficient (Wildman–Crippen LogP) is 2.41. The maximum atomic E-state index is 13.3. The zero-order valence-corrected chi connectivity index (χ0v) is 16.7. The van der Waals surface area contributed by atoms with Crippen molar-refractivity contribution in [3.8, 4) is 0 Å². The molecule has 2 aliphatic heterocycles. The van der Waals surface area contributed by atoms with Gasteiger partial charge in [-0.05, 0) is 44.5 Å². The SMILES string of the molecule is Cc1ccn2c(CN3CCN(C)CC3)c(C(=O)N3CCCCCC3)nc2c1. The van der Waals surface area contributed by atoms with E-state index in [0.717, 1.165) is 70.0 Å². The Hall–Kier alpha value is -1.92. The molecule has 6 heteroatoms. The average molecular weight is 370 g/mol. The first-order chi connectivity index (χ1) is 13.1. The van der Waals surface area contributed by atoms with Crippen LogP contribution in [0.3, 0.4) is 0 Å². The van der Waals surface area contributed by atoms with E-state index >= 15 is 0 Å². The average Bonchev–Trinajstić information content (AvgIpc) is 2.84. The molecule has 0 saturated carbocycles. The summed E-state index contributed by atoms with van der Waals surface area (Å²) in [5.41, 5.74) is 3.76. The fourth-order valence-electron chi connectivity index (χ4n) is 4.16. The Morgan fingerprint density at radius 1 is 1.04 bits per heavy atom. The van der Waals surface area contributed by atoms with E-state index in [2.05, 4.69) is 46.5 Å². The molecule has 0 bridgehead atoms. The molecule has 0 unspecified atom stereocenters. The fraction of sp³-hybridized carbons (Fsp3) is 0.619. The van der Waals surface area contributed by atoms with Crippen molar-refractivity contribution in [1.82, 2.24) is 24.1 Å². The van der Waals surface area contributed by atoms with Crippen LogP contribution in [-0.4, -0.2) is 76.3 Å². The van der Waals surface area contributed by atoms with Crippen LogP contribution in [0.25, 0.3) is 5.65 Å². The fourth-order valence-corrected chi connectivity index (χ4v) is 4.16. The van der Waals surface area contributed by atoms with Crippen molar-refractivity contribution < 1.29 is 4.79 Å². The molecule has 2 aromatic heterocycles. The summed E-state index contributed by atoms with van der Waals surface area (Å²) < 4.78 is 2.12. The van der Waals surface area contributed by atoms with Crippen LogP contribution in [0.5, 0.6) is 0 Å². The van der Waals surface area contributed by atoms with Gasteiger partial charge in [0.15, 0.2) is 5.69 Å². The topological polar surface area (TPSA) is 44.1 Å². The highest BCUT2D eigenvalue weighted by molar-refractivity contribution is 5.94. The Balaban J connectivity index is 1.66. The number of imidazole rings is 1. The largest absolute Gasteiger partial charge is 0.337 e. The lowest BCUT2D eigenvalue weighted by Gasteiger charge is -2.32. The van der Waals surface area contributed by atoms with E-state index in [-0.39, 0.29) is 5.91 Å². The van der Waals surface area contributed by atoms with Crippen molar-refractivity contribution in [1.29, 1.82) is 0 Å². The normalized spacial score (nSPS) is 20.1. The Kier molecular flexibility index (Phi) is 5.45. The number of aromatic nitrogens is 2. The lowest BCUT2D eigenvalue weighted by Crippen LogP contribution is -2.44. The minimum absolute atomic E-state index is 0.113. The molecular weight excluding hydrogens is 338 g/mol. The number of piperazine rings is 1. The Bertz CT molecular complexity index is 798. The molecule has 6 nitrogen and oxygen atoms in total. The molecule has 0 aliphatic carbocycles. The lowest BCUT2D eigenvalue weighted by atomic mass is 10.2. The highest BCUT2D eigenvalue weighted by Gasteiger charge is 2.26. The van der Waals surface area contributed by atoms with Crippen LogP contribution in [0.4, 0.5) is 0 Å². The molecule has 2 aliphatic rings. The Morgan fingerprint density at radius 3 is 2.44 bits per heavy atom. The second-order valence-electron chi connectivity index (χ2n) is 8.13. The molecular formula is C21H31N5O. The number of carbonyl (C=O) groups excluding carboxylic acids is 1. The quantitative estimate of drug-likeness (QED) is 0.833. The summed E-state index contributed by atoms with van der Waals surface area (Å²) in [7, 11) is 2.17. The lowest BCUT2D eigenvalue weighted by molar-refractivity contribution is 0.0752. The molecule has 0 N–H and O–H groups in total. The third kappa shape index (κ3) is 4.01. The number of fused-ring (bicyclic) bond motifs is 1. The van der Waals surface area contributed by atoms with Crippen molar-refractivity contribution in [3.63, 3.8) is 0 Å². The molecule has 2 aromatic rings. The minimum atomic E-state index is 0.113. The molecule has 0 radical (unpaired) electrons. The van der Waals surface area contributed by atoms with Gasteiger partial charge in [0.25, 0.3) is 5.91 Å². The van der Waals surface area contributed by atoms with Gasteiger partial charge in [-0.1, -0.05) is 12.8 Å². The Morgan fingerprint density at radius 2 is 1.74 bits per heavy atom. The molecule has 0 atom stereocenters. The number of likely N-dealkylation sites (tertiary alicyclic amines) is 1. The van der Waals surface area contributed by atoms with Gasteiger partial charge < -0.3 is 14.2 Å². The summed E-state index contributed by atoms with van der Waals surface area (Å²) in [4.78, 5) is 25.0. The summed E-state index contributed by atoms with van der Waals surface area (Å²) in [6.07, 6.45) is 6.73. The van der Waals surface area contributed by atoms with E-state index in [1.54, 1.807) is 0 Å². The van der Waals surface area contributed by atoms with Crippen LogP contribution in [0.2, 0.25) is 0 Å². The smallest absolute Gasteiger partial charge is 0.274 e. The third-order valence-electron chi connectivity index (χ3n) is 5.95. The van der Waals surface area contributed by atoms with Gasteiger partial charge in [-0.15, -0.1) is 0 Å². The van der Waals surface area contributed by atoms with Gasteiger partial charge in [0.05, 0.1) is 5.69 Å². The van der Waals surface area contributed by atoms with E-state index < -0.39 is 0 Å². The van der Waals surface area contributed by atoms with Crippen LogP contribution in [-0.2, 0) is 6.54 Å². The predicted molar refractivity (Wildman–Crippen MR) is 107 cm³/mol. The second-order valence-corrected chi connectivity index (χ2v) is 8.13. The van der Waals surface area contributed by atoms with Crippen molar-refractivity contribution in [2.75, 3.05) is 46.3 Å². The van der Waals surface area contributed by atoms with Gasteiger partial charge in [-0.3, -0.25) is 9.69 Å². The summed E-state index contributed by atoms with van der Waals surface area (Å²) >= 11 is 0. The van der Waals surface area contributed by atoms with E-state index in [0.29, 0.717) is 5.69 Å². The van der Waals surface area contributed by atoms with Gasteiger partial charge >= 0.3 is 0 Å². The molecule has 0 spiro atoms. The van der Waals surface area contributed by atoms with Crippen molar-refractivity contribution in [2.24, 2.45) is 0 Å². The zero-order chi connectivity index (χ0) is 18.8. The van der Waals surface area contributed by atoms with E-state index in [1.165, 1.54) is 18.4 Å². The number of pyridine rings is 1. The molecule has 4 heterocycles. The van der Waals surface area contributed by atoms with Crippen LogP contribution in [0.15, 0.2) is 18.3 Å². The number of rotatable bonds is 3. The van der Waals surface area contributed by atoms with Gasteiger partial charge in [-0.25, -0.2) is 4.98 Å². The molecule has 146 valence electrons. The highest BCUT2D eigenvalue weighted by atomic mass is 16.2. The number of nitrogens with zero attached hydrogens (tertiary/aromatic N) is 5. The Labute approximate surface area is 161 Å². The molecule has 1 amide bonds. The maximum absolute atomic E-state index is 13.3. The molecule has 4 rings (SSSR count). The minimum Gasteiger partial charge on any atom is -0.337 e. The number of carbonyl (C=O) groups is 1. The maximum Gasteiger partial charge on any atom is 0.274 e. The van der Waals surface area contributed by atoms with E-state index in [1.807, 2.05) is 4.90 Å². The van der Waals surface area contributed by atoms with Gasteiger partial charge in [-0.2, -0.15) is 0 Å². The van der Waals surface area contributed by atoms with Gasteiger partial charge in [0.2, 0.25) is 0 Å². The van der Waals surface area contributed by atoms with Gasteiger partial charge in [0.1, 0.15) is 5.65 Å². The molecule has 27 heavy (non-hydrogen) atoms. The summed E-state index contributed by atoms with van der Waals surface area (Å²) in [5.74, 6) is 0.113. The summed E-state index contributed by atoms with van der Waals surface area (Å²) in [6.45, 7) is 8.80. The van der Waals surface area contributed by atoms with E-state index in [4.69, 9.17) is 4.98 Å². The van der Waals surface area contributed by atoms with Crippen LogP contribution < -0.4 is 0 Å². The van der Waals surface area contributed by atoms with Crippen LogP contribution in [0, 0.1) is 6.92 Å². The van der Waals surface area contributed by atoms with Gasteiger partial charge in [0, 0.05) is 52.0 Å². The van der Waals surface area contributed by atoms with Crippen molar-refractivity contribution in [3.05, 3.63) is 35.3 Å². The third-order valence-corrected chi connectivity index (χ3v) is 5.95. The number of likely N-dealkylation sites (N-methyl/N-ethyl adjacent to an activating group) is 1. The number of amides is 1. The van der Waals surface area contributed by atoms with Crippen molar-refractivity contribution >= 4 is 11.6 Å². The number of hydrogen-bond acceptors (Lipinski definition) is 4. The molecule has 2 fully saturated rings. The molecule has 2 saturated heterocycles. The van der Waals surface area contributed by atoms with E-state index in [9.17, 15) is 4.79 Å². The first kappa shape index (κ1) is 18.4. The van der Waals surface area contributed by atoms with Crippen molar-refractivity contribution in [2.45, 2.75) is 39.2 Å².